The van der Waals surface area contributed by atoms with Gasteiger partial charge in [-0.25, -0.2) is 0 Å². The van der Waals surface area contributed by atoms with Crippen LogP contribution in [0.25, 0.3) is 53.9 Å². The number of phenols is 3. The molecule has 0 atom stereocenters. The third-order valence-electron chi connectivity index (χ3n) is 15.0. The molecule has 98 heavy (non-hydrogen) atoms. The monoisotopic (exact) mass is 1450 g/mol. The molecule has 0 saturated heterocycles. The molecule has 11 aromatic carbocycles. The van der Waals surface area contributed by atoms with E-state index in [4.69, 9.17) is 11.5 Å². The standard InChI is InChI=1S/2C22H19N3O7S2.C18H17N3O7S2/c1-11-8-13-10-12(2)20(21(26)19(13)16(23)9-11)25-24-17-7-6-14-15(22(17)34(30,31)32)4-3-5-18(14)33(27,28)29;1-12-10-13-11-14(23-2)6-7-15(13)21(26)20(12)25-24-18-9-8-16-17(22(18)34(30,31)32)4-3-5-19(16)33(27,28)29;1-9-6-13(29(23,24)25)7-11-5-10(2)17(18(22)16(9)11)21-20-14-8-12(19)3-4-15(14)30(26,27)28/h3-10,26H,23H2,1-2H3,(H,27,28,29)(H,30,31,32);3-11,23,26H,1-2H3,(H,27,28,29)(H,30,31,32);3-8,22H,19H2,1-2H3,(H,23,24,25)(H,26,27,28). The van der Waals surface area contributed by atoms with Gasteiger partial charge in [-0.3, -0.25) is 27.3 Å². The molecule has 0 saturated carbocycles. The highest BCUT2D eigenvalue weighted by Gasteiger charge is 2.27. The first-order chi connectivity index (χ1) is 45.5. The van der Waals surface area contributed by atoms with E-state index >= 15 is 0 Å². The molecule has 0 aliphatic heterocycles. The largest absolute Gasteiger partial charge is 0.505 e. The highest BCUT2D eigenvalue weighted by molar-refractivity contribution is 7.87. The lowest BCUT2D eigenvalue weighted by Gasteiger charge is -2.11. The van der Waals surface area contributed by atoms with Gasteiger partial charge >= 0.3 is 0 Å². The number of nitrogen functional groups attached to an aromatic ring is 2. The zero-order chi connectivity index (χ0) is 72.3. The fourth-order valence-electron chi connectivity index (χ4n) is 10.7. The summed E-state index contributed by atoms with van der Waals surface area (Å²) in [6, 6.07) is 31.8. The molecule has 0 bridgehead atoms. The zero-order valence-electron chi connectivity index (χ0n) is 51.5. The average Bonchev–Trinajstić information content (AvgIpc) is 0.769. The van der Waals surface area contributed by atoms with Crippen LogP contribution < -0.4 is 16.8 Å². The maximum atomic E-state index is 12.2. The number of hydrogen-bond acceptors (Lipinski definition) is 24. The van der Waals surface area contributed by atoms with Crippen LogP contribution in [-0.2, 0) is 60.7 Å². The first-order valence-electron chi connectivity index (χ1n) is 27.8. The first-order valence-corrected chi connectivity index (χ1v) is 36.5. The summed E-state index contributed by atoms with van der Waals surface area (Å²) in [5.41, 5.74) is 15.1. The second-order valence-corrected chi connectivity index (χ2v) is 30.2. The van der Waals surface area contributed by atoms with E-state index in [1.807, 2.05) is 19.1 Å². The van der Waals surface area contributed by atoms with Crippen molar-refractivity contribution in [1.82, 2.24) is 0 Å². The van der Waals surface area contributed by atoms with Gasteiger partial charge in [-0.05, 0) is 176 Å². The highest BCUT2D eigenvalue weighted by atomic mass is 32.2. The van der Waals surface area contributed by atoms with Gasteiger partial charge < -0.3 is 32.1 Å². The number of fused-ring (bicyclic) bond motifs is 5. The number of azo groups is 3. The second kappa shape index (κ2) is 26.7. The minimum absolute atomic E-state index is 0.00826. The lowest BCUT2D eigenvalue weighted by atomic mass is 10.0. The number of rotatable bonds is 13. The molecule has 510 valence electrons. The number of phenolic OH excluding ortho intramolecular Hbond substituents is 3. The minimum atomic E-state index is -4.91. The lowest BCUT2D eigenvalue weighted by molar-refractivity contribution is 0.479. The van der Waals surface area contributed by atoms with E-state index in [9.17, 15) is 93.1 Å². The van der Waals surface area contributed by atoms with Crippen LogP contribution >= 0.6 is 0 Å². The normalized spacial score (nSPS) is 12.7. The number of hydrogen-bond donors (Lipinski definition) is 12. The van der Waals surface area contributed by atoms with Crippen LogP contribution in [0.4, 0.5) is 51.2 Å². The molecule has 0 aromatic heterocycles. The number of nitrogens with one attached hydrogen (secondary N) is 1. The summed E-state index contributed by atoms with van der Waals surface area (Å²) in [6.07, 6.45) is 0. The Morgan fingerprint density at radius 3 is 1.26 bits per heavy atom. The number of benzene rings is 11. The van der Waals surface area contributed by atoms with Crippen molar-refractivity contribution < 1.29 is 93.1 Å². The molecule has 30 nitrogen and oxygen atoms in total. The lowest BCUT2D eigenvalue weighted by Crippen LogP contribution is -2.03. The fourth-order valence-corrected chi connectivity index (χ4v) is 15.0. The SMILES string of the molecule is CNc1ccc2c(O)c(N=Nc3ccc4c(S(=O)(=O)O)cccc4c3S(=O)(=O)O)c(C)cc2c1.Cc1cc(N)c2c(O)c(N=Nc3ccc4c(S(=O)(=O)O)cccc4c3S(=O)(=O)O)c(C)cc2c1.Cc1cc2cc(S(=O)(=O)O)cc(C)c2c(O)c1N=Nc1cc(N)ccc1S(=O)(=O)O. The maximum absolute atomic E-state index is 12.2. The minimum Gasteiger partial charge on any atom is -0.505 e. The Morgan fingerprint density at radius 1 is 0.357 bits per heavy atom. The molecule has 0 amide bonds. The highest BCUT2D eigenvalue weighted by Crippen LogP contribution is 2.46. The van der Waals surface area contributed by atoms with Crippen LogP contribution in [-0.4, -0.2) is 100 Å². The molecule has 0 spiro atoms. The molecule has 14 N–H and O–H groups in total. The summed E-state index contributed by atoms with van der Waals surface area (Å²) < 4.78 is 199. The Hall–Kier alpha value is -10.2. The third-order valence-corrected chi connectivity index (χ3v) is 20.4. The summed E-state index contributed by atoms with van der Waals surface area (Å²) in [7, 11) is -26.4. The van der Waals surface area contributed by atoms with E-state index in [1.54, 1.807) is 65.1 Å². The average molecular weight is 1450 g/mol. The van der Waals surface area contributed by atoms with Gasteiger partial charge in [-0.2, -0.15) is 50.5 Å². The van der Waals surface area contributed by atoms with Gasteiger partial charge in [0.05, 0.1) is 4.90 Å². The van der Waals surface area contributed by atoms with Gasteiger partial charge in [0.25, 0.3) is 60.7 Å². The van der Waals surface area contributed by atoms with Gasteiger partial charge in [0, 0.05) is 61.8 Å². The fraction of sp³-hybridized carbons (Fsp3) is 0.0968. The van der Waals surface area contributed by atoms with Gasteiger partial charge in [0.1, 0.15) is 58.6 Å². The molecule has 0 radical (unpaired) electrons. The van der Waals surface area contributed by atoms with Gasteiger partial charge in [-0.1, -0.05) is 42.5 Å². The number of anilines is 3. The Labute approximate surface area is 558 Å². The molecule has 0 aliphatic rings. The van der Waals surface area contributed by atoms with Crippen molar-refractivity contribution in [3.05, 3.63) is 167 Å². The molecule has 0 heterocycles. The smallest absolute Gasteiger partial charge is 0.297 e. The van der Waals surface area contributed by atoms with Crippen LogP contribution in [0.3, 0.4) is 0 Å². The number of nitrogens with two attached hydrogens (primary N) is 2. The summed E-state index contributed by atoms with van der Waals surface area (Å²) in [5, 5.41) is 61.3. The van der Waals surface area contributed by atoms with Gasteiger partial charge in [0.15, 0.2) is 17.2 Å². The van der Waals surface area contributed by atoms with Crippen LogP contribution in [0.1, 0.15) is 27.8 Å². The van der Waals surface area contributed by atoms with Crippen LogP contribution in [0, 0.1) is 34.6 Å². The first kappa shape index (κ1) is 72.1. The predicted molar refractivity (Wildman–Crippen MR) is 365 cm³/mol. The summed E-state index contributed by atoms with van der Waals surface area (Å²) in [4.78, 5) is -3.27. The zero-order valence-corrected chi connectivity index (χ0v) is 56.4. The molecular formula is C62H55N9O21S6. The van der Waals surface area contributed by atoms with E-state index in [2.05, 4.69) is 36.0 Å². The molecule has 11 rings (SSSR count). The quantitative estimate of drug-likeness (QED) is 0.0290. The molecule has 0 unspecified atom stereocenters. The molecular weight excluding hydrogens is 1400 g/mol. The summed E-state index contributed by atoms with van der Waals surface area (Å²) in [6.45, 7) is 8.35. The molecule has 11 aromatic rings. The Morgan fingerprint density at radius 2 is 0.796 bits per heavy atom. The predicted octanol–water partition coefficient (Wildman–Crippen LogP) is 13.4. The van der Waals surface area contributed by atoms with Crippen molar-refractivity contribution >= 4 is 166 Å². The van der Waals surface area contributed by atoms with Crippen molar-refractivity contribution in [3.63, 3.8) is 0 Å². The Bertz CT molecular complexity index is 6060. The molecule has 36 heteroatoms. The molecule has 0 fully saturated rings. The van der Waals surface area contributed by atoms with E-state index in [1.165, 1.54) is 66.7 Å². The second-order valence-electron chi connectivity index (χ2n) is 21.9. The Kier molecular flexibility index (Phi) is 19.6. The summed E-state index contributed by atoms with van der Waals surface area (Å²) >= 11 is 0. The third kappa shape index (κ3) is 15.0. The topological polar surface area (TPSA) is 525 Å². The van der Waals surface area contributed by atoms with Gasteiger partial charge in [-0.15, -0.1) is 30.7 Å². The summed E-state index contributed by atoms with van der Waals surface area (Å²) in [5.74, 6) is -0.728. The van der Waals surface area contributed by atoms with E-state index in [0.29, 0.717) is 49.5 Å². The molecule has 0 aliphatic carbocycles. The maximum Gasteiger partial charge on any atom is 0.297 e. The van der Waals surface area contributed by atoms with Crippen molar-refractivity contribution in [2.45, 2.75) is 64.0 Å². The number of nitrogens with zero attached hydrogens (tertiary/aromatic N) is 6. The van der Waals surface area contributed by atoms with E-state index in [0.717, 1.165) is 47.0 Å². The Balaban J connectivity index is 0.000000172. The van der Waals surface area contributed by atoms with Crippen LogP contribution in [0.15, 0.2) is 200 Å². The number of aryl methyl sites for hydroxylation is 5. The van der Waals surface area contributed by atoms with Crippen LogP contribution in [0.2, 0.25) is 0 Å². The van der Waals surface area contributed by atoms with E-state index in [-0.39, 0.29) is 88.9 Å². The number of aromatic hydroxyl groups is 3. The van der Waals surface area contributed by atoms with Crippen molar-refractivity contribution in [2.24, 2.45) is 30.7 Å². The van der Waals surface area contributed by atoms with Gasteiger partial charge in [0.2, 0.25) is 0 Å². The van der Waals surface area contributed by atoms with Crippen molar-refractivity contribution in [1.29, 1.82) is 0 Å². The van der Waals surface area contributed by atoms with Crippen molar-refractivity contribution in [2.75, 3.05) is 23.8 Å². The van der Waals surface area contributed by atoms with Crippen LogP contribution in [0.5, 0.6) is 17.2 Å². The van der Waals surface area contributed by atoms with Crippen molar-refractivity contribution in [3.8, 4) is 17.2 Å². The van der Waals surface area contributed by atoms with E-state index < -0.39 is 85.2 Å².